The van der Waals surface area contributed by atoms with Crippen LogP contribution >= 0.6 is 39.1 Å². The molecule has 0 bridgehead atoms. The molecular weight excluding hydrogens is 465 g/mol. The van der Waals surface area contributed by atoms with Gasteiger partial charge < -0.3 is 4.74 Å². The van der Waals surface area contributed by atoms with E-state index in [-0.39, 0.29) is 18.0 Å². The quantitative estimate of drug-likeness (QED) is 0.547. The molecule has 2 rings (SSSR count). The Morgan fingerprint density at radius 1 is 1.12 bits per heavy atom. The number of carbonyl (C=O) groups is 1. The van der Waals surface area contributed by atoms with Crippen molar-refractivity contribution in [2.75, 3.05) is 13.2 Å². The van der Waals surface area contributed by atoms with E-state index in [1.807, 2.05) is 0 Å². The van der Waals surface area contributed by atoms with Crippen molar-refractivity contribution in [1.82, 2.24) is 4.31 Å². The van der Waals surface area contributed by atoms with Gasteiger partial charge >= 0.3 is 5.97 Å². The Hall–Kier alpha value is -1.12. The fourth-order valence-corrected chi connectivity index (χ4v) is 4.33. The highest BCUT2D eigenvalue weighted by molar-refractivity contribution is 9.10. The lowest BCUT2D eigenvalue weighted by molar-refractivity contribution is -0.143. The van der Waals surface area contributed by atoms with Crippen LogP contribution in [0.25, 0.3) is 0 Å². The molecule has 140 valence electrons. The Kier molecular flexibility index (Phi) is 7.49. The van der Waals surface area contributed by atoms with Gasteiger partial charge in [-0.15, -0.1) is 0 Å². The average molecular weight is 481 g/mol. The van der Waals surface area contributed by atoms with Crippen molar-refractivity contribution < 1.29 is 17.9 Å². The van der Waals surface area contributed by atoms with Crippen molar-refractivity contribution in [3.63, 3.8) is 0 Å². The van der Waals surface area contributed by atoms with Crippen LogP contribution in [-0.4, -0.2) is 31.8 Å². The highest BCUT2D eigenvalue weighted by atomic mass is 79.9. The second-order valence-corrected chi connectivity index (χ2v) is 8.90. The number of esters is 1. The van der Waals surface area contributed by atoms with Gasteiger partial charge in [0.1, 0.15) is 6.54 Å². The number of carbonyl (C=O) groups excluding carboxylic acids is 1. The van der Waals surface area contributed by atoms with Crippen molar-refractivity contribution in [3.05, 3.63) is 62.5 Å². The van der Waals surface area contributed by atoms with Gasteiger partial charge in [0.2, 0.25) is 10.0 Å². The van der Waals surface area contributed by atoms with Gasteiger partial charge in [-0.25, -0.2) is 8.42 Å². The molecule has 0 fully saturated rings. The predicted octanol–water partition coefficient (Wildman–Crippen LogP) is 4.51. The summed E-state index contributed by atoms with van der Waals surface area (Å²) in [6.07, 6.45) is 0. The first-order valence-corrected chi connectivity index (χ1v) is 10.6. The van der Waals surface area contributed by atoms with Gasteiger partial charge in [0.05, 0.1) is 11.5 Å². The Bertz CT molecular complexity index is 868. The Labute approximate surface area is 171 Å². The number of nitrogens with zero attached hydrogens (tertiary/aromatic N) is 1. The van der Waals surface area contributed by atoms with Gasteiger partial charge in [-0.3, -0.25) is 4.79 Å². The smallest absolute Gasteiger partial charge is 0.321 e. The zero-order valence-corrected chi connectivity index (χ0v) is 17.7. The minimum atomic E-state index is -3.97. The highest BCUT2D eigenvalue weighted by Gasteiger charge is 2.28. The van der Waals surface area contributed by atoms with Crippen LogP contribution in [-0.2, 0) is 26.1 Å². The fraction of sp³-hybridized carbons (Fsp3) is 0.235. The Morgan fingerprint density at radius 2 is 1.69 bits per heavy atom. The molecule has 0 heterocycles. The third kappa shape index (κ3) is 5.20. The maximum Gasteiger partial charge on any atom is 0.321 e. The van der Waals surface area contributed by atoms with E-state index >= 15 is 0 Å². The molecule has 9 heteroatoms. The SMILES string of the molecule is CCOC(=O)CN(Cc1c(Cl)cccc1Cl)S(=O)(=O)c1ccc(Br)cc1. The molecule has 0 aliphatic heterocycles. The molecule has 0 saturated heterocycles. The lowest BCUT2D eigenvalue weighted by Gasteiger charge is -2.22. The molecule has 0 spiro atoms. The lowest BCUT2D eigenvalue weighted by Crippen LogP contribution is -2.36. The second-order valence-electron chi connectivity index (χ2n) is 5.23. The van der Waals surface area contributed by atoms with E-state index < -0.39 is 22.5 Å². The topological polar surface area (TPSA) is 63.7 Å². The van der Waals surface area contributed by atoms with Crippen LogP contribution in [0.2, 0.25) is 10.0 Å². The first kappa shape index (κ1) is 21.2. The first-order chi connectivity index (χ1) is 12.3. The van der Waals surface area contributed by atoms with Crippen LogP contribution in [0, 0.1) is 0 Å². The largest absolute Gasteiger partial charge is 0.465 e. The minimum absolute atomic E-state index is 0.0492. The van der Waals surface area contributed by atoms with E-state index in [4.69, 9.17) is 27.9 Å². The van der Waals surface area contributed by atoms with Gasteiger partial charge in [-0.1, -0.05) is 45.2 Å². The van der Waals surface area contributed by atoms with E-state index in [2.05, 4.69) is 15.9 Å². The summed E-state index contributed by atoms with van der Waals surface area (Å²) in [5, 5.41) is 0.634. The molecule has 0 aromatic heterocycles. The maximum atomic E-state index is 13.0. The molecule has 2 aromatic carbocycles. The summed E-state index contributed by atoms with van der Waals surface area (Å²) >= 11 is 15.6. The summed E-state index contributed by atoms with van der Waals surface area (Å²) in [6.45, 7) is 1.19. The molecule has 0 radical (unpaired) electrons. The average Bonchev–Trinajstić information content (AvgIpc) is 2.57. The monoisotopic (exact) mass is 479 g/mol. The molecule has 5 nitrogen and oxygen atoms in total. The summed E-state index contributed by atoms with van der Waals surface area (Å²) < 4.78 is 32.7. The number of hydrogen-bond donors (Lipinski definition) is 0. The first-order valence-electron chi connectivity index (χ1n) is 7.60. The van der Waals surface area contributed by atoms with E-state index in [0.29, 0.717) is 15.6 Å². The molecule has 0 aliphatic rings. The summed E-state index contributed by atoms with van der Waals surface area (Å²) in [4.78, 5) is 12.0. The number of ether oxygens (including phenoxy) is 1. The van der Waals surface area contributed by atoms with Crippen molar-refractivity contribution in [3.8, 4) is 0 Å². The van der Waals surface area contributed by atoms with E-state index in [1.54, 1.807) is 37.3 Å². The van der Waals surface area contributed by atoms with Crippen LogP contribution in [0.4, 0.5) is 0 Å². The van der Waals surface area contributed by atoms with Crippen LogP contribution in [0.1, 0.15) is 12.5 Å². The molecule has 0 aliphatic carbocycles. The van der Waals surface area contributed by atoms with Gasteiger partial charge in [0, 0.05) is 26.6 Å². The van der Waals surface area contributed by atoms with Crippen LogP contribution < -0.4 is 0 Å². The van der Waals surface area contributed by atoms with Gasteiger partial charge in [-0.05, 0) is 43.3 Å². The van der Waals surface area contributed by atoms with Crippen LogP contribution in [0.3, 0.4) is 0 Å². The summed E-state index contributed by atoms with van der Waals surface area (Å²) in [5.74, 6) is -0.656. The van der Waals surface area contributed by atoms with Crippen LogP contribution in [0.15, 0.2) is 51.8 Å². The van der Waals surface area contributed by atoms with Gasteiger partial charge in [0.15, 0.2) is 0 Å². The molecule has 26 heavy (non-hydrogen) atoms. The standard InChI is InChI=1S/C17H16BrCl2NO4S/c1-2-25-17(22)11-21(10-14-15(19)4-3-5-16(14)20)26(23,24)13-8-6-12(18)7-9-13/h3-9H,2,10-11H2,1H3. The Morgan fingerprint density at radius 3 is 2.23 bits per heavy atom. The number of rotatable bonds is 7. The summed E-state index contributed by atoms with van der Waals surface area (Å²) in [5.41, 5.74) is 0.417. The second kappa shape index (κ2) is 9.19. The number of sulfonamides is 1. The normalized spacial score (nSPS) is 11.6. The minimum Gasteiger partial charge on any atom is -0.465 e. The molecule has 0 amide bonds. The molecule has 0 unspecified atom stereocenters. The number of benzene rings is 2. The van der Waals surface area contributed by atoms with Crippen LogP contribution in [0.5, 0.6) is 0 Å². The highest BCUT2D eigenvalue weighted by Crippen LogP contribution is 2.28. The van der Waals surface area contributed by atoms with Crippen molar-refractivity contribution in [2.24, 2.45) is 0 Å². The zero-order chi connectivity index (χ0) is 19.3. The van der Waals surface area contributed by atoms with Gasteiger partial charge in [0.25, 0.3) is 0 Å². The predicted molar refractivity (Wildman–Crippen MR) is 105 cm³/mol. The fourth-order valence-electron chi connectivity index (χ4n) is 2.19. The third-order valence-corrected chi connectivity index (χ3v) is 6.50. The zero-order valence-electron chi connectivity index (χ0n) is 13.8. The van der Waals surface area contributed by atoms with Gasteiger partial charge in [-0.2, -0.15) is 4.31 Å². The summed E-state index contributed by atoms with van der Waals surface area (Å²) in [6, 6.07) is 11.0. The van der Waals surface area contributed by atoms with Crippen molar-refractivity contribution >= 4 is 55.1 Å². The molecule has 0 N–H and O–H groups in total. The lowest BCUT2D eigenvalue weighted by atomic mass is 10.2. The molecule has 0 saturated carbocycles. The van der Waals surface area contributed by atoms with E-state index in [1.165, 1.54) is 12.1 Å². The number of halogens is 3. The summed E-state index contributed by atoms with van der Waals surface area (Å²) in [7, 11) is -3.97. The van der Waals surface area contributed by atoms with Crippen molar-refractivity contribution in [1.29, 1.82) is 0 Å². The third-order valence-electron chi connectivity index (χ3n) is 3.46. The Balaban J connectivity index is 2.43. The molecular formula is C17H16BrCl2NO4S. The van der Waals surface area contributed by atoms with Crippen molar-refractivity contribution in [2.45, 2.75) is 18.4 Å². The molecule has 2 aromatic rings. The maximum absolute atomic E-state index is 13.0. The van der Waals surface area contributed by atoms with E-state index in [9.17, 15) is 13.2 Å². The van der Waals surface area contributed by atoms with E-state index in [0.717, 1.165) is 8.78 Å². The molecule has 0 atom stereocenters. The number of hydrogen-bond acceptors (Lipinski definition) is 4.